The van der Waals surface area contributed by atoms with E-state index in [1.807, 2.05) is 30.9 Å². The number of piperidine rings is 1. The highest BCUT2D eigenvalue weighted by atomic mass is 16.4. The summed E-state index contributed by atoms with van der Waals surface area (Å²) in [4.78, 5) is 21.8. The summed E-state index contributed by atoms with van der Waals surface area (Å²) in [6.07, 6.45) is 3.09. The van der Waals surface area contributed by atoms with Crippen LogP contribution in [-0.4, -0.2) is 43.9 Å². The number of hydrogen-bond donors (Lipinski definition) is 1. The molecule has 1 N–H and O–H groups in total. The van der Waals surface area contributed by atoms with Crippen LogP contribution in [-0.2, 0) is 4.79 Å². The minimum Gasteiger partial charge on any atom is -0.481 e. The quantitative estimate of drug-likeness (QED) is 0.926. The standard InChI is InChI=1S/C15H19N5O2/c1-10-6-11(2)20(18-10)14-7-13(16-9-17-14)19-5-3-4-12(8-19)15(21)22/h6-7,9,12H,3-5,8H2,1-2H3,(H,21,22). The molecule has 0 bridgehead atoms. The van der Waals surface area contributed by atoms with E-state index in [1.165, 1.54) is 6.33 Å². The predicted octanol–water partition coefficient (Wildman–Crippen LogP) is 1.58. The molecule has 1 aliphatic rings. The summed E-state index contributed by atoms with van der Waals surface area (Å²) in [5, 5.41) is 13.6. The van der Waals surface area contributed by atoms with Crippen molar-refractivity contribution in [2.75, 3.05) is 18.0 Å². The van der Waals surface area contributed by atoms with Crippen molar-refractivity contribution in [3.05, 3.63) is 29.8 Å². The summed E-state index contributed by atoms with van der Waals surface area (Å²) in [5.41, 5.74) is 1.94. The number of aromatic nitrogens is 4. The Hall–Kier alpha value is -2.44. The van der Waals surface area contributed by atoms with Crippen LogP contribution in [0.15, 0.2) is 18.5 Å². The lowest BCUT2D eigenvalue weighted by Gasteiger charge is -2.31. The minimum atomic E-state index is -0.738. The average Bonchev–Trinajstić information content (AvgIpc) is 2.86. The molecule has 0 saturated carbocycles. The number of aryl methyl sites for hydroxylation is 2. The normalized spacial score (nSPS) is 18.5. The van der Waals surface area contributed by atoms with Gasteiger partial charge >= 0.3 is 5.97 Å². The Morgan fingerprint density at radius 1 is 1.27 bits per heavy atom. The average molecular weight is 301 g/mol. The summed E-state index contributed by atoms with van der Waals surface area (Å²) in [6, 6.07) is 3.85. The van der Waals surface area contributed by atoms with Crippen LogP contribution in [0.3, 0.4) is 0 Å². The van der Waals surface area contributed by atoms with E-state index in [4.69, 9.17) is 0 Å². The van der Waals surface area contributed by atoms with Gasteiger partial charge in [-0.2, -0.15) is 5.10 Å². The molecule has 0 spiro atoms. The fourth-order valence-corrected chi connectivity index (χ4v) is 2.87. The lowest BCUT2D eigenvalue weighted by Crippen LogP contribution is -2.39. The molecule has 1 aliphatic heterocycles. The predicted molar refractivity (Wildman–Crippen MR) is 81.2 cm³/mol. The Kier molecular flexibility index (Phi) is 3.79. The molecule has 2 aromatic heterocycles. The van der Waals surface area contributed by atoms with Crippen LogP contribution in [0, 0.1) is 19.8 Å². The van der Waals surface area contributed by atoms with Gasteiger partial charge in [-0.15, -0.1) is 0 Å². The van der Waals surface area contributed by atoms with E-state index >= 15 is 0 Å². The number of carbonyl (C=O) groups is 1. The molecule has 7 heteroatoms. The molecule has 2 aromatic rings. The van der Waals surface area contributed by atoms with Crippen molar-refractivity contribution in [1.82, 2.24) is 19.7 Å². The first-order valence-corrected chi connectivity index (χ1v) is 7.38. The van der Waals surface area contributed by atoms with Gasteiger partial charge in [0.15, 0.2) is 5.82 Å². The third-order valence-corrected chi connectivity index (χ3v) is 3.96. The zero-order valence-electron chi connectivity index (χ0n) is 12.7. The SMILES string of the molecule is Cc1cc(C)n(-c2cc(N3CCCC(C(=O)O)C3)ncn2)n1. The van der Waals surface area contributed by atoms with Crippen LogP contribution >= 0.6 is 0 Å². The maximum atomic E-state index is 11.2. The molecule has 1 fully saturated rings. The molecule has 116 valence electrons. The highest BCUT2D eigenvalue weighted by Gasteiger charge is 2.26. The second-order valence-electron chi connectivity index (χ2n) is 5.70. The summed E-state index contributed by atoms with van der Waals surface area (Å²) in [5.74, 6) is 0.384. The Balaban J connectivity index is 1.88. The third-order valence-electron chi connectivity index (χ3n) is 3.96. The van der Waals surface area contributed by atoms with Crippen LogP contribution in [0.4, 0.5) is 5.82 Å². The van der Waals surface area contributed by atoms with Crippen LogP contribution < -0.4 is 4.90 Å². The first-order valence-electron chi connectivity index (χ1n) is 7.38. The van der Waals surface area contributed by atoms with Crippen molar-refractivity contribution in [1.29, 1.82) is 0 Å². The molecule has 22 heavy (non-hydrogen) atoms. The summed E-state index contributed by atoms with van der Waals surface area (Å²) < 4.78 is 1.78. The Bertz CT molecular complexity index is 697. The second-order valence-corrected chi connectivity index (χ2v) is 5.70. The smallest absolute Gasteiger partial charge is 0.308 e. The van der Waals surface area contributed by atoms with E-state index < -0.39 is 5.97 Å². The first-order chi connectivity index (χ1) is 10.5. The van der Waals surface area contributed by atoms with Crippen LogP contribution in [0.2, 0.25) is 0 Å². The molecular formula is C15H19N5O2. The van der Waals surface area contributed by atoms with E-state index in [2.05, 4.69) is 15.1 Å². The van der Waals surface area contributed by atoms with E-state index in [0.29, 0.717) is 12.4 Å². The Morgan fingerprint density at radius 3 is 2.73 bits per heavy atom. The zero-order chi connectivity index (χ0) is 15.7. The van der Waals surface area contributed by atoms with Crippen LogP contribution in [0.1, 0.15) is 24.2 Å². The highest BCUT2D eigenvalue weighted by molar-refractivity contribution is 5.71. The molecule has 0 aliphatic carbocycles. The molecule has 0 radical (unpaired) electrons. The van der Waals surface area contributed by atoms with Crippen LogP contribution in [0.5, 0.6) is 0 Å². The van der Waals surface area contributed by atoms with E-state index in [9.17, 15) is 9.90 Å². The summed E-state index contributed by atoms with van der Waals surface area (Å²) in [6.45, 7) is 5.22. The minimum absolute atomic E-state index is 0.333. The number of anilines is 1. The van der Waals surface area contributed by atoms with Gasteiger partial charge in [-0.25, -0.2) is 14.6 Å². The number of hydrogen-bond acceptors (Lipinski definition) is 5. The first kappa shape index (κ1) is 14.5. The van der Waals surface area contributed by atoms with E-state index in [1.54, 1.807) is 4.68 Å². The van der Waals surface area contributed by atoms with Gasteiger partial charge in [0.05, 0.1) is 11.6 Å². The maximum absolute atomic E-state index is 11.2. The van der Waals surface area contributed by atoms with Gasteiger partial charge in [0.1, 0.15) is 12.1 Å². The van der Waals surface area contributed by atoms with Gasteiger partial charge in [-0.05, 0) is 32.8 Å². The van der Waals surface area contributed by atoms with Gasteiger partial charge in [0, 0.05) is 24.8 Å². The lowest BCUT2D eigenvalue weighted by molar-refractivity contribution is -0.141. The summed E-state index contributed by atoms with van der Waals surface area (Å²) >= 11 is 0. The Morgan fingerprint density at radius 2 is 2.05 bits per heavy atom. The number of aliphatic carboxylic acids is 1. The van der Waals surface area contributed by atoms with Gasteiger partial charge in [-0.1, -0.05) is 0 Å². The third kappa shape index (κ3) is 2.79. The lowest BCUT2D eigenvalue weighted by atomic mass is 9.98. The highest BCUT2D eigenvalue weighted by Crippen LogP contribution is 2.23. The largest absolute Gasteiger partial charge is 0.481 e. The molecular weight excluding hydrogens is 282 g/mol. The maximum Gasteiger partial charge on any atom is 0.308 e. The number of rotatable bonds is 3. The van der Waals surface area contributed by atoms with Crippen molar-refractivity contribution in [3.63, 3.8) is 0 Å². The van der Waals surface area contributed by atoms with Gasteiger partial charge in [0.25, 0.3) is 0 Å². The van der Waals surface area contributed by atoms with E-state index in [-0.39, 0.29) is 5.92 Å². The molecule has 1 saturated heterocycles. The summed E-state index contributed by atoms with van der Waals surface area (Å²) in [7, 11) is 0. The molecule has 0 aromatic carbocycles. The number of carboxylic acids is 1. The molecule has 3 heterocycles. The van der Waals surface area contributed by atoms with Crippen LogP contribution in [0.25, 0.3) is 5.82 Å². The molecule has 0 amide bonds. The van der Waals surface area contributed by atoms with Gasteiger partial charge < -0.3 is 10.0 Å². The second kappa shape index (κ2) is 5.75. The monoisotopic (exact) mass is 301 g/mol. The number of nitrogens with zero attached hydrogens (tertiary/aromatic N) is 5. The van der Waals surface area contributed by atoms with Crippen molar-refractivity contribution < 1.29 is 9.90 Å². The van der Waals surface area contributed by atoms with Crippen molar-refractivity contribution in [2.24, 2.45) is 5.92 Å². The topological polar surface area (TPSA) is 84.1 Å². The zero-order valence-corrected chi connectivity index (χ0v) is 12.7. The fourth-order valence-electron chi connectivity index (χ4n) is 2.87. The molecule has 1 unspecified atom stereocenters. The molecule has 7 nitrogen and oxygen atoms in total. The van der Waals surface area contributed by atoms with Crippen molar-refractivity contribution in [3.8, 4) is 5.82 Å². The van der Waals surface area contributed by atoms with Gasteiger partial charge in [0.2, 0.25) is 0 Å². The van der Waals surface area contributed by atoms with Crippen molar-refractivity contribution >= 4 is 11.8 Å². The Labute approximate surface area is 128 Å². The fraction of sp³-hybridized carbons (Fsp3) is 0.467. The molecule has 3 rings (SSSR count). The van der Waals surface area contributed by atoms with Gasteiger partial charge in [-0.3, -0.25) is 4.79 Å². The number of carboxylic acid groups (broad SMARTS) is 1. The van der Waals surface area contributed by atoms with E-state index in [0.717, 1.165) is 36.6 Å². The van der Waals surface area contributed by atoms with Crippen molar-refractivity contribution in [2.45, 2.75) is 26.7 Å². The molecule has 1 atom stereocenters.